The molecule has 0 radical (unpaired) electrons. The van der Waals surface area contributed by atoms with Crippen LogP contribution in [0.4, 0.5) is 15.0 Å². The molecule has 0 bridgehead atoms. The largest absolute Gasteiger partial charge is 0.566 e. The molecule has 0 aliphatic carbocycles. The van der Waals surface area contributed by atoms with E-state index in [4.69, 9.17) is 23.5 Å². The fourth-order valence-corrected chi connectivity index (χ4v) is 8.54. The molecular formula is C40H44FN4O8PSi. The van der Waals surface area contributed by atoms with Crippen molar-refractivity contribution in [3.05, 3.63) is 120 Å². The van der Waals surface area contributed by atoms with Gasteiger partial charge in [-0.1, -0.05) is 92.4 Å². The van der Waals surface area contributed by atoms with Gasteiger partial charge in [0.2, 0.25) is 0 Å². The number of methoxy groups -OCH3 is 1. The van der Waals surface area contributed by atoms with E-state index >= 15 is 4.39 Å². The van der Waals surface area contributed by atoms with Gasteiger partial charge in [0.05, 0.1) is 25.7 Å². The van der Waals surface area contributed by atoms with Crippen LogP contribution in [0, 0.1) is 0 Å². The summed E-state index contributed by atoms with van der Waals surface area (Å²) < 4.78 is 60.1. The molecule has 288 valence electrons. The summed E-state index contributed by atoms with van der Waals surface area (Å²) in [5.74, 6) is 1.02. The van der Waals surface area contributed by atoms with Crippen molar-refractivity contribution in [1.82, 2.24) is 14.5 Å². The van der Waals surface area contributed by atoms with E-state index in [2.05, 4.69) is 29.6 Å². The maximum Gasteiger partial charge on any atom is 0.488 e. The summed E-state index contributed by atoms with van der Waals surface area (Å²) in [5.41, 5.74) is 2.24. The van der Waals surface area contributed by atoms with Crippen LogP contribution >= 0.6 is 8.25 Å². The molecule has 1 unspecified atom stereocenters. The predicted octanol–water partition coefficient (Wildman–Crippen LogP) is 7.31. The second-order valence-electron chi connectivity index (χ2n) is 14.9. The molecule has 55 heavy (non-hydrogen) atoms. The van der Waals surface area contributed by atoms with Crippen molar-refractivity contribution in [2.24, 2.45) is 0 Å². The highest BCUT2D eigenvalue weighted by atomic mass is 31.1. The molecule has 1 saturated heterocycles. The van der Waals surface area contributed by atoms with Crippen LogP contribution in [0.25, 0.3) is 11.0 Å². The van der Waals surface area contributed by atoms with Crippen LogP contribution in [0.1, 0.15) is 34.9 Å². The van der Waals surface area contributed by atoms with Gasteiger partial charge in [-0.3, -0.25) is 4.90 Å². The smallest absolute Gasteiger partial charge is 0.488 e. The SMILES string of the molecule is COc1ccc(C(OC[C@H]2O[C@@H](n3cc4c5c(ncnc53)N(C(=O)OCC[Si](C)(C)C)CCC4)[C@H](F)[C@@H]2O[P+](=O)[O-])(c2ccccc2)c2ccccc2)cc1. The Morgan fingerprint density at radius 1 is 1.00 bits per heavy atom. The molecule has 0 spiro atoms. The average molecular weight is 787 g/mol. The number of aromatic nitrogens is 3. The van der Waals surface area contributed by atoms with Crippen LogP contribution in [0.5, 0.6) is 5.75 Å². The van der Waals surface area contributed by atoms with Gasteiger partial charge in [0.15, 0.2) is 24.3 Å². The van der Waals surface area contributed by atoms with Gasteiger partial charge >= 0.3 is 14.3 Å². The average Bonchev–Trinajstić information content (AvgIpc) is 3.62. The lowest BCUT2D eigenvalue weighted by Crippen LogP contribution is -2.39. The number of halogens is 1. The number of amides is 1. The lowest BCUT2D eigenvalue weighted by molar-refractivity contribution is -0.193. The first-order valence-corrected chi connectivity index (χ1v) is 23.1. The minimum absolute atomic E-state index is 0.260. The number of carbonyl (C=O) groups excluding carboxylic acids is 1. The highest BCUT2D eigenvalue weighted by Crippen LogP contribution is 2.45. The number of anilines is 1. The van der Waals surface area contributed by atoms with Crippen molar-refractivity contribution in [3.63, 3.8) is 0 Å². The van der Waals surface area contributed by atoms with Crippen molar-refractivity contribution in [2.45, 2.75) is 68.7 Å². The molecule has 0 saturated carbocycles. The Morgan fingerprint density at radius 2 is 1.65 bits per heavy atom. The van der Waals surface area contributed by atoms with Crippen molar-refractivity contribution in [1.29, 1.82) is 0 Å². The standard InChI is InChI=1S/C40H44FN4O8PSi/c1-49-31-19-17-30(18-20-31)40(28-13-7-5-8-14-28,29-15-9-6-10-16-29)51-25-32-35(53-54(47)48)34(41)38(52-32)45-24-27-12-11-21-44(36-33(27)37(45)43-26-42-36)39(46)50-22-23-55(2,3)4/h5-10,13-20,24,26,32,34-35,38H,11-12,21-23,25H2,1-4H3/t32-,34-,35-,38-/m1/s1. The number of hydrogen-bond donors (Lipinski definition) is 0. The van der Waals surface area contributed by atoms with Crippen molar-refractivity contribution in [3.8, 4) is 5.75 Å². The second-order valence-corrected chi connectivity index (χ2v) is 21.2. The molecule has 7 rings (SSSR count). The summed E-state index contributed by atoms with van der Waals surface area (Å²) >= 11 is 0. The zero-order valence-electron chi connectivity index (χ0n) is 31.2. The van der Waals surface area contributed by atoms with Gasteiger partial charge in [-0.15, -0.1) is 4.52 Å². The quantitative estimate of drug-likeness (QED) is 0.0679. The van der Waals surface area contributed by atoms with Gasteiger partial charge in [0.1, 0.15) is 29.4 Å². The maximum absolute atomic E-state index is 16.8. The third-order valence-corrected chi connectivity index (χ3v) is 12.2. The zero-order chi connectivity index (χ0) is 38.7. The normalized spacial score (nSPS) is 20.3. The third-order valence-electron chi connectivity index (χ3n) is 10.1. The minimum atomic E-state index is -3.47. The van der Waals surface area contributed by atoms with Gasteiger partial charge in [-0.05, 0) is 57.8 Å². The number of rotatable bonds is 13. The van der Waals surface area contributed by atoms with Crippen LogP contribution in [0.15, 0.2) is 97.5 Å². The minimum Gasteiger partial charge on any atom is -0.566 e. The van der Waals surface area contributed by atoms with Gasteiger partial charge in [-0.2, -0.15) is 0 Å². The monoisotopic (exact) mass is 786 g/mol. The Bertz CT molecular complexity index is 2080. The molecule has 5 aromatic rings. The summed E-state index contributed by atoms with van der Waals surface area (Å²) in [6.07, 6.45) is -2.28. The molecule has 2 aromatic heterocycles. The first kappa shape index (κ1) is 38.7. The fourth-order valence-electron chi connectivity index (χ4n) is 7.37. The molecule has 0 N–H and O–H groups in total. The lowest BCUT2D eigenvalue weighted by atomic mass is 9.80. The Kier molecular flexibility index (Phi) is 11.4. The summed E-state index contributed by atoms with van der Waals surface area (Å²) in [4.78, 5) is 35.9. The Hall–Kier alpha value is -4.56. The number of ether oxygens (including phenoxy) is 4. The number of carbonyl (C=O) groups is 1. The van der Waals surface area contributed by atoms with Crippen LogP contribution in [0.3, 0.4) is 0 Å². The predicted molar refractivity (Wildman–Crippen MR) is 206 cm³/mol. The molecule has 5 atom stereocenters. The Morgan fingerprint density at radius 3 is 2.27 bits per heavy atom. The highest BCUT2D eigenvalue weighted by molar-refractivity contribution is 7.30. The molecule has 1 fully saturated rings. The number of aryl methyl sites for hydroxylation is 1. The van der Waals surface area contributed by atoms with Crippen molar-refractivity contribution >= 4 is 39.3 Å². The van der Waals surface area contributed by atoms with E-state index in [-0.39, 0.29) is 6.61 Å². The topological polar surface area (TPSA) is 137 Å². The van der Waals surface area contributed by atoms with Gasteiger partial charge < -0.3 is 28.4 Å². The van der Waals surface area contributed by atoms with Gasteiger partial charge in [0, 0.05) is 20.8 Å². The van der Waals surface area contributed by atoms with E-state index in [1.807, 2.05) is 84.9 Å². The van der Waals surface area contributed by atoms with Crippen molar-refractivity contribution in [2.75, 3.05) is 31.8 Å². The third kappa shape index (κ3) is 7.93. The summed E-state index contributed by atoms with van der Waals surface area (Å²) in [5, 5.41) is 0.580. The zero-order valence-corrected chi connectivity index (χ0v) is 33.1. The summed E-state index contributed by atoms with van der Waals surface area (Å²) in [6, 6.07) is 27.5. The van der Waals surface area contributed by atoms with Crippen LogP contribution in [0.2, 0.25) is 25.7 Å². The molecule has 12 nitrogen and oxygen atoms in total. The first-order chi connectivity index (χ1) is 26.5. The van der Waals surface area contributed by atoms with E-state index in [1.165, 1.54) is 11.2 Å². The summed E-state index contributed by atoms with van der Waals surface area (Å²) in [7, 11) is -3.32. The Balaban J connectivity index is 1.24. The molecule has 1 amide bonds. The summed E-state index contributed by atoms with van der Waals surface area (Å²) in [6.45, 7) is 7.08. The highest BCUT2D eigenvalue weighted by Gasteiger charge is 2.52. The fraction of sp³-hybridized carbons (Fsp3) is 0.375. The van der Waals surface area contributed by atoms with Gasteiger partial charge in [-0.25, -0.2) is 19.2 Å². The van der Waals surface area contributed by atoms with Crippen LogP contribution < -0.4 is 14.5 Å². The lowest BCUT2D eigenvalue weighted by Gasteiger charge is -2.37. The van der Waals surface area contributed by atoms with E-state index < -0.39 is 52.6 Å². The maximum atomic E-state index is 16.8. The Labute approximate surface area is 321 Å². The number of hydrogen-bond acceptors (Lipinski definition) is 10. The van der Waals surface area contributed by atoms with E-state index in [9.17, 15) is 14.3 Å². The van der Waals surface area contributed by atoms with E-state index in [1.54, 1.807) is 17.9 Å². The van der Waals surface area contributed by atoms with Crippen molar-refractivity contribution < 1.29 is 42.1 Å². The molecule has 3 aromatic carbocycles. The second kappa shape index (κ2) is 16.3. The number of alkyl halides is 1. The number of nitrogens with zero attached hydrogens (tertiary/aromatic N) is 4. The van der Waals surface area contributed by atoms with E-state index in [0.717, 1.165) is 28.3 Å². The molecule has 2 aliphatic heterocycles. The van der Waals surface area contributed by atoms with Crippen LogP contribution in [-0.2, 0) is 35.3 Å². The molecular weight excluding hydrogens is 743 g/mol. The van der Waals surface area contributed by atoms with Crippen LogP contribution in [-0.4, -0.2) is 74.0 Å². The molecule has 4 heterocycles. The molecule has 2 aliphatic rings. The van der Waals surface area contributed by atoms with E-state index in [0.29, 0.717) is 48.6 Å². The van der Waals surface area contributed by atoms with Gasteiger partial charge in [0.25, 0.3) is 0 Å². The molecule has 15 heteroatoms. The number of benzene rings is 3. The first-order valence-electron chi connectivity index (χ1n) is 18.3.